The minimum Gasteiger partial charge on any atom is -0.491 e. The van der Waals surface area contributed by atoms with Crippen molar-refractivity contribution in [1.82, 2.24) is 5.32 Å². The first-order valence-electron chi connectivity index (χ1n) is 11.4. The highest BCUT2D eigenvalue weighted by atomic mass is 19.4. The molecule has 1 heterocycles. The molecule has 3 aromatic rings. The van der Waals surface area contributed by atoms with Gasteiger partial charge in [-0.3, -0.25) is 10.1 Å². The monoisotopic (exact) mass is 486 g/mol. The number of nitrogens with one attached hydrogen (secondary N) is 1. The van der Waals surface area contributed by atoms with Crippen molar-refractivity contribution in [3.05, 3.63) is 95.6 Å². The Kier molecular flexibility index (Phi) is 7.40. The van der Waals surface area contributed by atoms with E-state index in [0.29, 0.717) is 17.9 Å². The van der Waals surface area contributed by atoms with Crippen molar-refractivity contribution in [3.8, 4) is 5.75 Å². The zero-order valence-electron chi connectivity index (χ0n) is 19.1. The second-order valence-corrected chi connectivity index (χ2v) is 8.47. The molecule has 3 atom stereocenters. The maximum atomic E-state index is 13.6. The van der Waals surface area contributed by atoms with Gasteiger partial charge in [-0.2, -0.15) is 13.2 Å². The molecule has 184 valence electrons. The molecule has 1 saturated heterocycles. The lowest BCUT2D eigenvalue weighted by molar-refractivity contribution is -0.137. The lowest BCUT2D eigenvalue weighted by Crippen LogP contribution is -2.39. The van der Waals surface area contributed by atoms with Crippen LogP contribution in [0.2, 0.25) is 0 Å². The molecular formula is C27H26F4N2O2. The highest BCUT2D eigenvalue weighted by molar-refractivity contribution is 6.00. The lowest BCUT2D eigenvalue weighted by Gasteiger charge is -2.26. The summed E-state index contributed by atoms with van der Waals surface area (Å²) in [6, 6.07) is 20.2. The molecule has 8 heteroatoms. The van der Waals surface area contributed by atoms with Crippen molar-refractivity contribution in [2.24, 2.45) is 0 Å². The Balaban J connectivity index is 1.65. The molecule has 1 amide bonds. The average molecular weight is 487 g/mol. The number of hydrogen-bond donors (Lipinski definition) is 1. The van der Waals surface area contributed by atoms with Crippen LogP contribution in [0.25, 0.3) is 0 Å². The molecule has 0 unspecified atom stereocenters. The highest BCUT2D eigenvalue weighted by Gasteiger charge is 2.42. The predicted molar refractivity (Wildman–Crippen MR) is 126 cm³/mol. The zero-order valence-corrected chi connectivity index (χ0v) is 19.1. The molecule has 3 aromatic carbocycles. The van der Waals surface area contributed by atoms with Crippen LogP contribution in [0, 0.1) is 0 Å². The molecule has 0 aromatic heterocycles. The van der Waals surface area contributed by atoms with E-state index in [-0.39, 0.29) is 18.6 Å². The third kappa shape index (κ3) is 5.65. The minimum absolute atomic E-state index is 0.0888. The van der Waals surface area contributed by atoms with Gasteiger partial charge in [0.15, 0.2) is 0 Å². The first kappa shape index (κ1) is 24.7. The van der Waals surface area contributed by atoms with E-state index in [1.165, 1.54) is 17.0 Å². The number of rotatable bonds is 8. The Morgan fingerprint density at radius 2 is 1.74 bits per heavy atom. The van der Waals surface area contributed by atoms with Gasteiger partial charge in [-0.15, -0.1) is 0 Å². The molecule has 1 aliphatic rings. The van der Waals surface area contributed by atoms with Crippen LogP contribution in [0.4, 0.5) is 23.2 Å². The summed E-state index contributed by atoms with van der Waals surface area (Å²) in [5, 5.41) is 3.38. The second-order valence-electron chi connectivity index (χ2n) is 8.47. The molecule has 0 aliphatic carbocycles. The Morgan fingerprint density at radius 1 is 1.03 bits per heavy atom. The summed E-state index contributed by atoms with van der Waals surface area (Å²) in [6.07, 6.45) is -4.06. The van der Waals surface area contributed by atoms with Crippen molar-refractivity contribution in [2.45, 2.75) is 37.6 Å². The van der Waals surface area contributed by atoms with Gasteiger partial charge in [0.1, 0.15) is 19.0 Å². The van der Waals surface area contributed by atoms with E-state index < -0.39 is 30.5 Å². The molecule has 0 spiro atoms. The predicted octanol–water partition coefficient (Wildman–Crippen LogP) is 6.25. The molecule has 0 radical (unpaired) electrons. The fraction of sp³-hybridized carbons (Fsp3) is 0.296. The average Bonchev–Trinajstić information content (AvgIpc) is 3.18. The highest BCUT2D eigenvalue weighted by Crippen LogP contribution is 2.40. The SMILES string of the molecule is C[C@@H](N[C@@H]1C[C@H](c2cccc(OCCF)c2)N(c2ccc(C(F)(F)F)cc2)C1=O)c1ccccc1. The maximum absolute atomic E-state index is 13.6. The van der Waals surface area contributed by atoms with E-state index in [9.17, 15) is 22.4 Å². The Morgan fingerprint density at radius 3 is 2.40 bits per heavy atom. The van der Waals surface area contributed by atoms with Crippen LogP contribution in [0.3, 0.4) is 0 Å². The molecule has 0 bridgehead atoms. The van der Waals surface area contributed by atoms with Crippen LogP contribution in [-0.2, 0) is 11.0 Å². The molecule has 1 fully saturated rings. The van der Waals surface area contributed by atoms with Crippen molar-refractivity contribution in [1.29, 1.82) is 0 Å². The molecule has 4 rings (SSSR count). The number of carbonyl (C=O) groups is 1. The topological polar surface area (TPSA) is 41.6 Å². The normalized spacial score (nSPS) is 19.1. The van der Waals surface area contributed by atoms with E-state index in [1.54, 1.807) is 18.2 Å². The number of anilines is 1. The third-order valence-corrected chi connectivity index (χ3v) is 6.12. The summed E-state index contributed by atoms with van der Waals surface area (Å²) in [6.45, 7) is 1.24. The number of carbonyl (C=O) groups excluding carboxylic acids is 1. The summed E-state index contributed by atoms with van der Waals surface area (Å²) in [7, 11) is 0. The fourth-order valence-electron chi connectivity index (χ4n) is 4.40. The first-order valence-corrected chi connectivity index (χ1v) is 11.4. The first-order chi connectivity index (χ1) is 16.8. The zero-order chi connectivity index (χ0) is 25.0. The summed E-state index contributed by atoms with van der Waals surface area (Å²) >= 11 is 0. The van der Waals surface area contributed by atoms with Crippen LogP contribution < -0.4 is 15.0 Å². The Hall–Kier alpha value is -3.39. The molecule has 0 saturated carbocycles. The van der Waals surface area contributed by atoms with Gasteiger partial charge in [0.25, 0.3) is 0 Å². The number of alkyl halides is 4. The number of hydrogen-bond acceptors (Lipinski definition) is 3. The number of halogens is 4. The largest absolute Gasteiger partial charge is 0.491 e. The van der Waals surface area contributed by atoms with Crippen molar-refractivity contribution < 1.29 is 27.1 Å². The standard InChI is InChI=1S/C27H26F4N2O2/c1-18(19-6-3-2-4-7-19)32-24-17-25(20-8-5-9-23(16-20)35-15-14-28)33(26(24)34)22-12-10-21(11-13-22)27(29,30)31/h2-13,16,18,24-25,32H,14-15,17H2,1H3/t18-,24-,25-/m1/s1. The third-order valence-electron chi connectivity index (χ3n) is 6.12. The Labute approximate surface area is 201 Å². The van der Waals surface area contributed by atoms with Crippen molar-refractivity contribution in [3.63, 3.8) is 0 Å². The van der Waals surface area contributed by atoms with Crippen LogP contribution in [-0.4, -0.2) is 25.2 Å². The van der Waals surface area contributed by atoms with Gasteiger partial charge in [-0.25, -0.2) is 4.39 Å². The smallest absolute Gasteiger partial charge is 0.416 e. The lowest BCUT2D eigenvalue weighted by atomic mass is 10.0. The summed E-state index contributed by atoms with van der Waals surface area (Å²) in [5.74, 6) is 0.238. The van der Waals surface area contributed by atoms with Gasteiger partial charge in [-0.05, 0) is 60.9 Å². The summed E-state index contributed by atoms with van der Waals surface area (Å²) in [5.41, 5.74) is 1.37. The van der Waals surface area contributed by atoms with Gasteiger partial charge in [-0.1, -0.05) is 42.5 Å². The van der Waals surface area contributed by atoms with Gasteiger partial charge in [0, 0.05) is 11.7 Å². The Bertz CT molecular complexity index is 1140. The minimum atomic E-state index is -4.47. The molecule has 1 aliphatic heterocycles. The van der Waals surface area contributed by atoms with E-state index >= 15 is 0 Å². The second kappa shape index (κ2) is 10.5. The molecule has 1 N–H and O–H groups in total. The number of benzene rings is 3. The summed E-state index contributed by atoms with van der Waals surface area (Å²) in [4.78, 5) is 15.1. The molecular weight excluding hydrogens is 460 g/mol. The van der Waals surface area contributed by atoms with E-state index in [1.807, 2.05) is 43.3 Å². The van der Waals surface area contributed by atoms with Crippen LogP contribution in [0.15, 0.2) is 78.9 Å². The molecule has 35 heavy (non-hydrogen) atoms. The van der Waals surface area contributed by atoms with Crippen LogP contribution >= 0.6 is 0 Å². The number of amides is 1. The van der Waals surface area contributed by atoms with Crippen LogP contribution in [0.5, 0.6) is 5.75 Å². The fourth-order valence-corrected chi connectivity index (χ4v) is 4.40. The van der Waals surface area contributed by atoms with E-state index in [2.05, 4.69) is 5.32 Å². The van der Waals surface area contributed by atoms with Gasteiger partial charge >= 0.3 is 6.18 Å². The van der Waals surface area contributed by atoms with Gasteiger partial charge in [0.2, 0.25) is 5.91 Å². The number of ether oxygens (including phenoxy) is 1. The quantitative estimate of drug-likeness (QED) is 0.383. The van der Waals surface area contributed by atoms with E-state index in [4.69, 9.17) is 4.74 Å². The van der Waals surface area contributed by atoms with Gasteiger partial charge < -0.3 is 9.64 Å². The van der Waals surface area contributed by atoms with Gasteiger partial charge in [0.05, 0.1) is 17.6 Å². The van der Waals surface area contributed by atoms with Crippen LogP contribution in [0.1, 0.15) is 42.1 Å². The van der Waals surface area contributed by atoms with Crippen molar-refractivity contribution >= 4 is 11.6 Å². The van der Waals surface area contributed by atoms with Crippen molar-refractivity contribution in [2.75, 3.05) is 18.2 Å². The maximum Gasteiger partial charge on any atom is 0.416 e. The molecule has 4 nitrogen and oxygen atoms in total. The van der Waals surface area contributed by atoms with E-state index in [0.717, 1.165) is 23.3 Å². The summed E-state index contributed by atoms with van der Waals surface area (Å²) < 4.78 is 57.3. The number of nitrogens with zero attached hydrogens (tertiary/aromatic N) is 1.